The Morgan fingerprint density at radius 1 is 0.913 bits per heavy atom. The average Bonchev–Trinajstić information content (AvgIpc) is 2.95. The quantitative estimate of drug-likeness (QED) is 0.103. The fourth-order valence-electron chi connectivity index (χ4n) is 7.92. The molecule has 0 aromatic carbocycles. The predicted molar refractivity (Wildman–Crippen MR) is 161 cm³/mol. The van der Waals surface area contributed by atoms with Gasteiger partial charge in [-0.15, -0.1) is 0 Å². The van der Waals surface area contributed by atoms with E-state index in [1.807, 2.05) is 0 Å². The van der Waals surface area contributed by atoms with Crippen molar-refractivity contribution in [1.29, 1.82) is 0 Å². The molecule has 3 saturated carbocycles. The van der Waals surface area contributed by atoms with Gasteiger partial charge in [0.05, 0.1) is 37.0 Å². The van der Waals surface area contributed by atoms with Crippen LogP contribution in [0, 0.1) is 11.8 Å². The Labute approximate surface area is 268 Å². The average molecular weight is 663 g/mol. The van der Waals surface area contributed by atoms with Gasteiger partial charge in [0.2, 0.25) is 0 Å². The first-order valence-corrected chi connectivity index (χ1v) is 16.3. The van der Waals surface area contributed by atoms with E-state index in [2.05, 4.69) is 16.0 Å². The van der Waals surface area contributed by atoms with Crippen LogP contribution in [0.3, 0.4) is 0 Å². The molecule has 3 aliphatic carbocycles. The lowest BCUT2D eigenvalue weighted by molar-refractivity contribution is -0.303. The molecule has 0 aromatic heterocycles. The topological polar surface area (TPSA) is 301 Å². The Hall–Kier alpha value is -1.13. The molecular formula is C29H54N6O11. The van der Waals surface area contributed by atoms with Crippen LogP contribution in [0.5, 0.6) is 0 Å². The van der Waals surface area contributed by atoms with Crippen molar-refractivity contribution < 1.29 is 54.8 Å². The van der Waals surface area contributed by atoms with Crippen molar-refractivity contribution in [3.05, 3.63) is 0 Å². The lowest BCUT2D eigenvalue weighted by Gasteiger charge is -2.52. The first-order valence-electron chi connectivity index (χ1n) is 16.3. The predicted octanol–water partition coefficient (Wildman–Crippen LogP) is -6.35. The van der Waals surface area contributed by atoms with Crippen LogP contribution in [0.4, 0.5) is 0 Å². The molecule has 2 aliphatic heterocycles. The molecule has 5 aliphatic rings. The zero-order valence-corrected chi connectivity index (χ0v) is 26.4. The van der Waals surface area contributed by atoms with Gasteiger partial charge in [0.25, 0.3) is 5.91 Å². The van der Waals surface area contributed by atoms with Crippen molar-refractivity contribution in [1.82, 2.24) is 16.0 Å². The van der Waals surface area contributed by atoms with E-state index in [0.29, 0.717) is 12.5 Å². The number of nitrogens with two attached hydrogens (primary N) is 3. The van der Waals surface area contributed by atoms with Crippen molar-refractivity contribution in [2.45, 2.75) is 136 Å². The number of rotatable bonds is 10. The second-order valence-electron chi connectivity index (χ2n) is 14.5. The number of amides is 1. The normalized spacial score (nSPS) is 52.8. The van der Waals surface area contributed by atoms with Gasteiger partial charge in [-0.1, -0.05) is 0 Å². The minimum absolute atomic E-state index is 0.0215. The molecule has 0 spiro atoms. The van der Waals surface area contributed by atoms with Crippen LogP contribution in [0.1, 0.15) is 39.0 Å². The largest absolute Gasteiger partial charge is 0.390 e. The molecule has 2 saturated heterocycles. The highest BCUT2D eigenvalue weighted by Crippen LogP contribution is 2.38. The smallest absolute Gasteiger partial charge is 0.252 e. The van der Waals surface area contributed by atoms with Gasteiger partial charge in [0.15, 0.2) is 6.29 Å². The summed E-state index contributed by atoms with van der Waals surface area (Å²) in [5.74, 6) is -1.41. The van der Waals surface area contributed by atoms with E-state index in [1.54, 1.807) is 7.05 Å². The Kier molecular flexibility index (Phi) is 11.0. The molecule has 17 heteroatoms. The second kappa shape index (κ2) is 14.0. The number of likely N-dealkylation sites (N-methyl/N-ethyl adjacent to an activating group) is 1. The minimum atomic E-state index is -1.71. The molecule has 0 bridgehead atoms. The summed E-state index contributed by atoms with van der Waals surface area (Å²) in [6, 6.07) is -2.96. The van der Waals surface area contributed by atoms with Gasteiger partial charge >= 0.3 is 0 Å². The molecule has 16 N–H and O–H groups in total. The molecular weight excluding hydrogens is 608 g/mol. The van der Waals surface area contributed by atoms with E-state index >= 15 is 0 Å². The van der Waals surface area contributed by atoms with E-state index in [0.717, 1.165) is 12.8 Å². The summed E-state index contributed by atoms with van der Waals surface area (Å²) in [4.78, 5) is 13.2. The third kappa shape index (κ3) is 7.10. The van der Waals surface area contributed by atoms with Crippen LogP contribution in [0.2, 0.25) is 0 Å². The Morgan fingerprint density at radius 2 is 1.59 bits per heavy atom. The van der Waals surface area contributed by atoms with Gasteiger partial charge < -0.3 is 83.1 Å². The standard InChI is InChI=1S/C29H54N6O11/c1-28(42)10-44-26(22(40)25(28)33-2)46-23-15(35-27(41)29(43)6-13(31)7-29)5-14(32)17(19(23)37)24-21(39)20(38)18(36)16(45-24)9-34-8-11-3-12(30)4-11/h11-26,33-34,36-40,42-43H,3-10,30-32H2,1-2H3,(H,35,41)/t11?,12?,13?,14-,15+,16+,17?,18+,19-,20-,21+,22+,23-,24+,25+,26+,28-,29?/m0/s1. The summed E-state index contributed by atoms with van der Waals surface area (Å²) >= 11 is 0. The van der Waals surface area contributed by atoms with E-state index in [4.69, 9.17) is 31.4 Å². The maximum absolute atomic E-state index is 13.2. The second-order valence-corrected chi connectivity index (χ2v) is 14.5. The Morgan fingerprint density at radius 3 is 2.20 bits per heavy atom. The summed E-state index contributed by atoms with van der Waals surface area (Å²) in [6.45, 7) is 2.04. The van der Waals surface area contributed by atoms with E-state index < -0.39 is 96.3 Å². The number of carbonyl (C=O) groups excluding carboxylic acids is 1. The molecule has 2 heterocycles. The van der Waals surface area contributed by atoms with E-state index in [9.17, 15) is 40.5 Å². The highest BCUT2D eigenvalue weighted by atomic mass is 16.7. The third-order valence-corrected chi connectivity index (χ3v) is 10.7. The molecule has 1 amide bonds. The number of aliphatic hydroxyl groups excluding tert-OH is 5. The Balaban J connectivity index is 1.35. The number of carbonyl (C=O) groups is 1. The first kappa shape index (κ1) is 36.2. The van der Waals surface area contributed by atoms with Gasteiger partial charge in [0, 0.05) is 43.4 Å². The first-order chi connectivity index (χ1) is 21.6. The molecule has 266 valence electrons. The van der Waals surface area contributed by atoms with Crippen molar-refractivity contribution in [3.63, 3.8) is 0 Å². The molecule has 5 fully saturated rings. The summed E-state index contributed by atoms with van der Waals surface area (Å²) in [6.07, 6.45) is -10.7. The molecule has 0 aromatic rings. The molecule has 0 radical (unpaired) electrons. The summed E-state index contributed by atoms with van der Waals surface area (Å²) in [7, 11) is 1.55. The highest BCUT2D eigenvalue weighted by Gasteiger charge is 2.57. The number of hydrogen-bond donors (Lipinski definition) is 13. The summed E-state index contributed by atoms with van der Waals surface area (Å²) in [5, 5.41) is 85.8. The molecule has 17 nitrogen and oxygen atoms in total. The zero-order chi connectivity index (χ0) is 33.7. The Bertz CT molecular complexity index is 1050. The lowest BCUT2D eigenvalue weighted by Crippen LogP contribution is -2.72. The third-order valence-electron chi connectivity index (χ3n) is 10.7. The maximum atomic E-state index is 13.2. The van der Waals surface area contributed by atoms with Crippen molar-refractivity contribution in [2.75, 3.05) is 26.7 Å². The van der Waals surface area contributed by atoms with Crippen LogP contribution in [0.15, 0.2) is 0 Å². The van der Waals surface area contributed by atoms with E-state index in [1.165, 1.54) is 6.92 Å². The fourth-order valence-corrected chi connectivity index (χ4v) is 7.92. The fraction of sp³-hybridized carbons (Fsp3) is 0.966. The number of nitrogens with one attached hydrogen (secondary N) is 3. The van der Waals surface area contributed by atoms with Crippen LogP contribution in [-0.4, -0.2) is 165 Å². The number of hydrogen-bond acceptors (Lipinski definition) is 16. The molecule has 14 atom stereocenters. The zero-order valence-electron chi connectivity index (χ0n) is 26.4. The lowest BCUT2D eigenvalue weighted by atomic mass is 9.71. The summed E-state index contributed by atoms with van der Waals surface area (Å²) in [5.41, 5.74) is 15.1. The van der Waals surface area contributed by atoms with Crippen LogP contribution < -0.4 is 33.2 Å². The molecule has 5 rings (SSSR count). The van der Waals surface area contributed by atoms with Gasteiger partial charge in [-0.05, 0) is 45.7 Å². The molecule has 1 unspecified atom stereocenters. The van der Waals surface area contributed by atoms with Crippen molar-refractivity contribution >= 4 is 5.91 Å². The number of aliphatic hydroxyl groups is 7. The van der Waals surface area contributed by atoms with Gasteiger partial charge in [-0.3, -0.25) is 4.79 Å². The monoisotopic (exact) mass is 662 g/mol. The van der Waals surface area contributed by atoms with Gasteiger partial charge in [-0.25, -0.2) is 0 Å². The van der Waals surface area contributed by atoms with Crippen LogP contribution in [0.25, 0.3) is 0 Å². The summed E-state index contributed by atoms with van der Waals surface area (Å²) < 4.78 is 18.0. The van der Waals surface area contributed by atoms with Gasteiger partial charge in [-0.2, -0.15) is 0 Å². The van der Waals surface area contributed by atoms with Gasteiger partial charge in [0.1, 0.15) is 41.7 Å². The maximum Gasteiger partial charge on any atom is 0.252 e. The SMILES string of the molecule is CN[C@@H]1[C@@H](O)[C@@H](O[C@H]2[C@H](NC(=O)C3(O)CC(N)C3)C[C@H](N)C([C@H]3O[C@H](CNCC4CC(N)C4)[C@@H](O)[C@H](O)[C@H]3O)[C@@H]2O)OC[C@]1(C)O. The minimum Gasteiger partial charge on any atom is -0.390 e. The highest BCUT2D eigenvalue weighted by molar-refractivity contribution is 5.86. The van der Waals surface area contributed by atoms with E-state index in [-0.39, 0.29) is 44.5 Å². The van der Waals surface area contributed by atoms with Crippen LogP contribution in [-0.2, 0) is 19.0 Å². The number of ether oxygens (including phenoxy) is 3. The molecule has 46 heavy (non-hydrogen) atoms. The van der Waals surface area contributed by atoms with Crippen molar-refractivity contribution in [2.24, 2.45) is 29.0 Å². The van der Waals surface area contributed by atoms with Crippen molar-refractivity contribution in [3.8, 4) is 0 Å². The van der Waals surface area contributed by atoms with Crippen LogP contribution >= 0.6 is 0 Å².